The van der Waals surface area contributed by atoms with Crippen molar-refractivity contribution >= 4 is 0 Å². The van der Waals surface area contributed by atoms with Crippen molar-refractivity contribution in [1.82, 2.24) is 5.32 Å². The van der Waals surface area contributed by atoms with Crippen molar-refractivity contribution in [3.63, 3.8) is 0 Å². The zero-order valence-corrected chi connectivity index (χ0v) is 11.1. The summed E-state index contributed by atoms with van der Waals surface area (Å²) in [6.07, 6.45) is 1.81. The van der Waals surface area contributed by atoms with E-state index >= 15 is 0 Å². The fourth-order valence-corrected chi connectivity index (χ4v) is 3.21. The van der Waals surface area contributed by atoms with E-state index in [4.69, 9.17) is 0 Å². The molecule has 0 amide bonds. The largest absolute Gasteiger partial charge is 0.313 e. The highest BCUT2D eigenvalue weighted by Crippen LogP contribution is 2.37. The number of halogens is 1. The maximum Gasteiger partial charge on any atom is 0.126 e. The smallest absolute Gasteiger partial charge is 0.126 e. The van der Waals surface area contributed by atoms with E-state index in [1.807, 2.05) is 19.2 Å². The van der Waals surface area contributed by atoms with Gasteiger partial charge in [0, 0.05) is 6.04 Å². The van der Waals surface area contributed by atoms with Gasteiger partial charge in [0.15, 0.2) is 0 Å². The molecule has 0 fully saturated rings. The predicted molar refractivity (Wildman–Crippen MR) is 75.5 cm³/mol. The van der Waals surface area contributed by atoms with Crippen molar-refractivity contribution in [2.75, 3.05) is 7.05 Å². The SMILES string of the molecule is CNC1c2ccccc2CC1Cc1ccccc1F. The second kappa shape index (κ2) is 5.14. The molecule has 1 aliphatic rings. The lowest BCUT2D eigenvalue weighted by Gasteiger charge is -2.20. The Morgan fingerprint density at radius 2 is 1.84 bits per heavy atom. The van der Waals surface area contributed by atoms with Crippen LogP contribution in [-0.4, -0.2) is 7.05 Å². The van der Waals surface area contributed by atoms with Crippen LogP contribution in [0.5, 0.6) is 0 Å². The van der Waals surface area contributed by atoms with Crippen molar-refractivity contribution in [2.24, 2.45) is 5.92 Å². The first kappa shape index (κ1) is 12.4. The van der Waals surface area contributed by atoms with Gasteiger partial charge in [0.05, 0.1) is 0 Å². The molecule has 3 rings (SSSR count). The van der Waals surface area contributed by atoms with Gasteiger partial charge in [0.2, 0.25) is 0 Å². The third-order valence-corrected chi connectivity index (χ3v) is 4.09. The Kier molecular flexibility index (Phi) is 3.34. The summed E-state index contributed by atoms with van der Waals surface area (Å²) >= 11 is 0. The molecular weight excluding hydrogens is 237 g/mol. The lowest BCUT2D eigenvalue weighted by atomic mass is 9.92. The molecule has 98 valence electrons. The number of fused-ring (bicyclic) bond motifs is 1. The van der Waals surface area contributed by atoms with E-state index in [1.54, 1.807) is 12.1 Å². The van der Waals surface area contributed by atoms with Gasteiger partial charge in [0.25, 0.3) is 0 Å². The van der Waals surface area contributed by atoms with Crippen LogP contribution in [0.4, 0.5) is 4.39 Å². The standard InChI is InChI=1S/C17H18FN/c1-19-17-14(10-12-6-2-4-8-15(12)17)11-13-7-3-5-9-16(13)18/h2-9,14,17,19H,10-11H2,1H3. The first-order valence-electron chi connectivity index (χ1n) is 6.78. The Morgan fingerprint density at radius 1 is 1.11 bits per heavy atom. The van der Waals surface area contributed by atoms with E-state index < -0.39 is 0 Å². The second-order valence-electron chi connectivity index (χ2n) is 5.22. The van der Waals surface area contributed by atoms with Crippen LogP contribution >= 0.6 is 0 Å². The molecule has 0 saturated carbocycles. The molecule has 0 spiro atoms. The third-order valence-electron chi connectivity index (χ3n) is 4.09. The predicted octanol–water partition coefficient (Wildman–Crippen LogP) is 3.50. The maximum absolute atomic E-state index is 13.8. The number of hydrogen-bond acceptors (Lipinski definition) is 1. The molecule has 0 bridgehead atoms. The van der Waals surface area contributed by atoms with Crippen LogP contribution in [-0.2, 0) is 12.8 Å². The van der Waals surface area contributed by atoms with Crippen LogP contribution in [0, 0.1) is 11.7 Å². The summed E-state index contributed by atoms with van der Waals surface area (Å²) < 4.78 is 13.8. The molecule has 0 heterocycles. The second-order valence-corrected chi connectivity index (χ2v) is 5.22. The number of hydrogen-bond donors (Lipinski definition) is 1. The maximum atomic E-state index is 13.8. The molecule has 1 aliphatic carbocycles. The van der Waals surface area contributed by atoms with Gasteiger partial charge in [-0.15, -0.1) is 0 Å². The highest BCUT2D eigenvalue weighted by molar-refractivity contribution is 5.36. The van der Waals surface area contributed by atoms with Crippen molar-refractivity contribution in [3.05, 3.63) is 71.0 Å². The van der Waals surface area contributed by atoms with E-state index in [0.29, 0.717) is 12.0 Å². The van der Waals surface area contributed by atoms with Gasteiger partial charge in [-0.2, -0.15) is 0 Å². The average Bonchev–Trinajstić information content (AvgIpc) is 2.78. The van der Waals surface area contributed by atoms with Gasteiger partial charge in [-0.25, -0.2) is 4.39 Å². The van der Waals surface area contributed by atoms with Gasteiger partial charge in [0.1, 0.15) is 5.82 Å². The normalized spacial score (nSPS) is 21.4. The van der Waals surface area contributed by atoms with E-state index in [-0.39, 0.29) is 5.82 Å². The van der Waals surface area contributed by atoms with Crippen molar-refractivity contribution in [1.29, 1.82) is 0 Å². The lowest BCUT2D eigenvalue weighted by Crippen LogP contribution is -2.23. The minimum absolute atomic E-state index is 0.0895. The Morgan fingerprint density at radius 3 is 2.63 bits per heavy atom. The molecule has 2 aromatic rings. The molecule has 2 atom stereocenters. The van der Waals surface area contributed by atoms with E-state index in [9.17, 15) is 4.39 Å². The number of nitrogens with one attached hydrogen (secondary N) is 1. The summed E-state index contributed by atoms with van der Waals surface area (Å²) in [5.74, 6) is 0.340. The molecule has 2 aromatic carbocycles. The van der Waals surface area contributed by atoms with E-state index in [2.05, 4.69) is 29.6 Å². The summed E-state index contributed by atoms with van der Waals surface area (Å²) in [6.45, 7) is 0. The van der Waals surface area contributed by atoms with Crippen molar-refractivity contribution in [2.45, 2.75) is 18.9 Å². The molecule has 2 unspecified atom stereocenters. The van der Waals surface area contributed by atoms with E-state index in [0.717, 1.165) is 18.4 Å². The summed E-state index contributed by atoms with van der Waals surface area (Å²) in [6, 6.07) is 15.9. The van der Waals surface area contributed by atoms with Gasteiger partial charge < -0.3 is 5.32 Å². The van der Waals surface area contributed by atoms with Crippen molar-refractivity contribution in [3.8, 4) is 0 Å². The molecule has 19 heavy (non-hydrogen) atoms. The van der Waals surface area contributed by atoms with Gasteiger partial charge >= 0.3 is 0 Å². The zero-order valence-electron chi connectivity index (χ0n) is 11.1. The van der Waals surface area contributed by atoms with Gasteiger partial charge in [-0.3, -0.25) is 0 Å². The minimum atomic E-state index is -0.0895. The molecule has 1 nitrogen and oxygen atoms in total. The fourth-order valence-electron chi connectivity index (χ4n) is 3.21. The molecule has 2 heteroatoms. The summed E-state index contributed by atoms with van der Waals surface area (Å²) in [5, 5.41) is 3.39. The highest BCUT2D eigenvalue weighted by atomic mass is 19.1. The number of rotatable bonds is 3. The third kappa shape index (κ3) is 2.28. The Labute approximate surface area is 113 Å². The first-order valence-corrected chi connectivity index (χ1v) is 6.78. The summed E-state index contributed by atoms with van der Waals surface area (Å²) in [4.78, 5) is 0. The molecule has 0 aromatic heterocycles. The van der Waals surface area contributed by atoms with Crippen LogP contribution in [0.2, 0.25) is 0 Å². The minimum Gasteiger partial charge on any atom is -0.313 e. The Balaban J connectivity index is 1.86. The number of benzene rings is 2. The van der Waals surface area contributed by atoms with Crippen LogP contribution in [0.1, 0.15) is 22.7 Å². The van der Waals surface area contributed by atoms with Crippen LogP contribution < -0.4 is 5.32 Å². The quantitative estimate of drug-likeness (QED) is 0.885. The molecule has 0 aliphatic heterocycles. The monoisotopic (exact) mass is 255 g/mol. The highest BCUT2D eigenvalue weighted by Gasteiger charge is 2.31. The van der Waals surface area contributed by atoms with Gasteiger partial charge in [-0.05, 0) is 48.6 Å². The molecule has 1 N–H and O–H groups in total. The van der Waals surface area contributed by atoms with Crippen LogP contribution in [0.25, 0.3) is 0 Å². The molecule has 0 radical (unpaired) electrons. The summed E-state index contributed by atoms with van der Waals surface area (Å²) in [7, 11) is 1.99. The first-order chi connectivity index (χ1) is 9.29. The van der Waals surface area contributed by atoms with E-state index in [1.165, 1.54) is 11.1 Å². The summed E-state index contributed by atoms with van der Waals surface area (Å²) in [5.41, 5.74) is 3.58. The Bertz CT molecular complexity index is 579. The topological polar surface area (TPSA) is 12.0 Å². The Hall–Kier alpha value is -1.67. The molecule has 0 saturated heterocycles. The van der Waals surface area contributed by atoms with Crippen LogP contribution in [0.15, 0.2) is 48.5 Å². The average molecular weight is 255 g/mol. The lowest BCUT2D eigenvalue weighted by molar-refractivity contribution is 0.404. The molecular formula is C17H18FN. The van der Waals surface area contributed by atoms with Crippen molar-refractivity contribution < 1.29 is 4.39 Å². The fraction of sp³-hybridized carbons (Fsp3) is 0.294. The zero-order chi connectivity index (χ0) is 13.2. The van der Waals surface area contributed by atoms with Gasteiger partial charge in [-0.1, -0.05) is 42.5 Å². The van der Waals surface area contributed by atoms with Crippen LogP contribution in [0.3, 0.4) is 0 Å².